The van der Waals surface area contributed by atoms with Crippen LogP contribution >= 0.6 is 0 Å². The van der Waals surface area contributed by atoms with Crippen LogP contribution in [0.2, 0.25) is 0 Å². The van der Waals surface area contributed by atoms with E-state index in [9.17, 15) is 9.18 Å². The second-order valence-corrected chi connectivity index (χ2v) is 5.71. The zero-order valence-corrected chi connectivity index (χ0v) is 11.4. The molecule has 0 aromatic heterocycles. The number of hydrogen-bond donors (Lipinski definition) is 2. The second-order valence-electron chi connectivity index (χ2n) is 5.71. The van der Waals surface area contributed by atoms with Gasteiger partial charge in [0.25, 0.3) is 5.91 Å². The van der Waals surface area contributed by atoms with Crippen molar-refractivity contribution < 1.29 is 9.18 Å². The summed E-state index contributed by atoms with van der Waals surface area (Å²) >= 11 is 0. The van der Waals surface area contributed by atoms with Crippen LogP contribution in [0.3, 0.4) is 0 Å². The van der Waals surface area contributed by atoms with Gasteiger partial charge < -0.3 is 11.1 Å². The third-order valence-corrected chi connectivity index (χ3v) is 4.01. The van der Waals surface area contributed by atoms with E-state index >= 15 is 0 Å². The lowest BCUT2D eigenvalue weighted by molar-refractivity contribution is 0.0899. The zero-order valence-electron chi connectivity index (χ0n) is 11.4. The van der Waals surface area contributed by atoms with Gasteiger partial charge >= 0.3 is 0 Å². The van der Waals surface area contributed by atoms with Crippen molar-refractivity contribution in [2.45, 2.75) is 39.2 Å². The summed E-state index contributed by atoms with van der Waals surface area (Å²) in [6.07, 6.45) is 3.25. The first kappa shape index (κ1) is 13.8. The quantitative estimate of drug-likeness (QED) is 0.807. The summed E-state index contributed by atoms with van der Waals surface area (Å²) < 4.78 is 13.3. The summed E-state index contributed by atoms with van der Waals surface area (Å²) in [5, 5.41) is 3.01. The maximum atomic E-state index is 13.3. The number of benzene rings is 1. The molecule has 1 aromatic rings. The molecule has 104 valence electrons. The van der Waals surface area contributed by atoms with Crippen molar-refractivity contribution in [3.8, 4) is 0 Å². The Balaban J connectivity index is 2.02. The lowest BCUT2D eigenvalue weighted by Gasteiger charge is -2.33. The average Bonchev–Trinajstić information content (AvgIpc) is 2.36. The molecule has 1 saturated carbocycles. The smallest absolute Gasteiger partial charge is 0.251 e. The molecule has 1 fully saturated rings. The van der Waals surface area contributed by atoms with Crippen molar-refractivity contribution in [3.05, 3.63) is 29.6 Å². The van der Waals surface area contributed by atoms with Crippen LogP contribution in [0, 0.1) is 17.7 Å². The first-order valence-corrected chi connectivity index (χ1v) is 6.83. The van der Waals surface area contributed by atoms with Gasteiger partial charge in [0.1, 0.15) is 5.82 Å². The molecule has 1 aliphatic carbocycles. The Morgan fingerprint density at radius 2 is 2.11 bits per heavy atom. The van der Waals surface area contributed by atoms with E-state index in [4.69, 9.17) is 5.73 Å². The van der Waals surface area contributed by atoms with E-state index in [2.05, 4.69) is 19.2 Å². The SMILES string of the molecule is CC1CCC(NC(=O)c2ccc(N)c(F)c2)C(C)C1. The number of nitrogens with two attached hydrogens (primary N) is 1. The molecule has 0 radical (unpaired) electrons. The molecular weight excluding hydrogens is 243 g/mol. The number of hydrogen-bond acceptors (Lipinski definition) is 2. The van der Waals surface area contributed by atoms with Gasteiger partial charge in [-0.05, 0) is 49.3 Å². The highest BCUT2D eigenvalue weighted by Crippen LogP contribution is 2.28. The van der Waals surface area contributed by atoms with Crippen LogP contribution in [0.4, 0.5) is 10.1 Å². The number of amides is 1. The Bertz CT molecular complexity index is 475. The fourth-order valence-corrected chi connectivity index (χ4v) is 2.80. The van der Waals surface area contributed by atoms with E-state index in [0.29, 0.717) is 11.5 Å². The molecule has 0 spiro atoms. The summed E-state index contributed by atoms with van der Waals surface area (Å²) in [7, 11) is 0. The number of halogens is 1. The number of rotatable bonds is 2. The van der Waals surface area contributed by atoms with Gasteiger partial charge in [0, 0.05) is 11.6 Å². The number of carbonyl (C=O) groups is 1. The van der Waals surface area contributed by atoms with Crippen LogP contribution in [-0.2, 0) is 0 Å². The standard InChI is InChI=1S/C15H21FN2O/c1-9-3-6-14(10(2)7-9)18-15(19)11-4-5-13(17)12(16)8-11/h4-5,8-10,14H,3,6-7,17H2,1-2H3,(H,18,19). The topological polar surface area (TPSA) is 55.1 Å². The molecule has 3 unspecified atom stereocenters. The van der Waals surface area contributed by atoms with Gasteiger partial charge in [-0.2, -0.15) is 0 Å². The minimum absolute atomic E-state index is 0.0661. The summed E-state index contributed by atoms with van der Waals surface area (Å²) in [6.45, 7) is 4.40. The molecule has 2 rings (SSSR count). The Morgan fingerprint density at radius 3 is 2.74 bits per heavy atom. The van der Waals surface area contributed by atoms with Gasteiger partial charge in [-0.1, -0.05) is 13.8 Å². The summed E-state index contributed by atoms with van der Waals surface area (Å²) in [6, 6.07) is 4.37. The molecule has 0 aliphatic heterocycles. The minimum atomic E-state index is -0.544. The van der Waals surface area contributed by atoms with Gasteiger partial charge in [0.2, 0.25) is 0 Å². The van der Waals surface area contributed by atoms with Crippen LogP contribution in [0.5, 0.6) is 0 Å². The van der Waals surface area contributed by atoms with Gasteiger partial charge in [-0.3, -0.25) is 4.79 Å². The molecular formula is C15H21FN2O. The first-order valence-electron chi connectivity index (χ1n) is 6.83. The van der Waals surface area contributed by atoms with Crippen molar-refractivity contribution in [3.63, 3.8) is 0 Å². The highest BCUT2D eigenvalue weighted by molar-refractivity contribution is 5.94. The van der Waals surface area contributed by atoms with E-state index in [1.165, 1.54) is 12.1 Å². The molecule has 3 atom stereocenters. The van der Waals surface area contributed by atoms with Crippen molar-refractivity contribution in [1.82, 2.24) is 5.32 Å². The molecule has 0 saturated heterocycles. The zero-order chi connectivity index (χ0) is 14.0. The van der Waals surface area contributed by atoms with E-state index in [-0.39, 0.29) is 17.6 Å². The van der Waals surface area contributed by atoms with E-state index in [1.807, 2.05) is 0 Å². The monoisotopic (exact) mass is 264 g/mol. The maximum Gasteiger partial charge on any atom is 0.251 e. The van der Waals surface area contributed by atoms with Gasteiger partial charge in [0.05, 0.1) is 5.69 Å². The van der Waals surface area contributed by atoms with E-state index < -0.39 is 5.82 Å². The normalized spacial score (nSPS) is 27.0. The molecule has 3 N–H and O–H groups in total. The predicted molar refractivity (Wildman–Crippen MR) is 74.2 cm³/mol. The van der Waals surface area contributed by atoms with Gasteiger partial charge in [-0.15, -0.1) is 0 Å². The van der Waals surface area contributed by atoms with Crippen molar-refractivity contribution in [1.29, 1.82) is 0 Å². The highest BCUT2D eigenvalue weighted by atomic mass is 19.1. The molecule has 1 aromatic carbocycles. The second kappa shape index (κ2) is 5.59. The molecule has 0 heterocycles. The summed E-state index contributed by atoms with van der Waals surface area (Å²) in [5.41, 5.74) is 5.80. The molecule has 1 aliphatic rings. The van der Waals surface area contributed by atoms with Crippen LogP contribution < -0.4 is 11.1 Å². The highest BCUT2D eigenvalue weighted by Gasteiger charge is 2.26. The average molecular weight is 264 g/mol. The van der Waals surface area contributed by atoms with Crippen molar-refractivity contribution in [2.75, 3.05) is 5.73 Å². The van der Waals surface area contributed by atoms with E-state index in [0.717, 1.165) is 25.2 Å². The third kappa shape index (κ3) is 3.25. The van der Waals surface area contributed by atoms with Crippen LogP contribution in [0.15, 0.2) is 18.2 Å². The molecule has 4 heteroatoms. The molecule has 0 bridgehead atoms. The number of nitrogens with one attached hydrogen (secondary N) is 1. The number of nitrogen functional groups attached to an aromatic ring is 1. The van der Waals surface area contributed by atoms with Crippen molar-refractivity contribution in [2.24, 2.45) is 11.8 Å². The Hall–Kier alpha value is -1.58. The number of carbonyl (C=O) groups excluding carboxylic acids is 1. The summed E-state index contributed by atoms with van der Waals surface area (Å²) in [5.74, 6) is 0.423. The van der Waals surface area contributed by atoms with Crippen molar-refractivity contribution >= 4 is 11.6 Å². The lowest BCUT2D eigenvalue weighted by Crippen LogP contribution is -2.42. The molecule has 19 heavy (non-hydrogen) atoms. The largest absolute Gasteiger partial charge is 0.396 e. The fraction of sp³-hybridized carbons (Fsp3) is 0.533. The molecule has 1 amide bonds. The fourth-order valence-electron chi connectivity index (χ4n) is 2.80. The first-order chi connectivity index (χ1) is 8.97. The predicted octanol–water partition coefficient (Wildman–Crippen LogP) is 2.96. The van der Waals surface area contributed by atoms with Crippen LogP contribution in [-0.4, -0.2) is 11.9 Å². The minimum Gasteiger partial charge on any atom is -0.396 e. The Morgan fingerprint density at radius 1 is 1.37 bits per heavy atom. The lowest BCUT2D eigenvalue weighted by atomic mass is 9.80. The van der Waals surface area contributed by atoms with Gasteiger partial charge in [0.15, 0.2) is 0 Å². The third-order valence-electron chi connectivity index (χ3n) is 4.01. The molecule has 3 nitrogen and oxygen atoms in total. The Labute approximate surface area is 113 Å². The Kier molecular flexibility index (Phi) is 4.08. The van der Waals surface area contributed by atoms with Gasteiger partial charge in [-0.25, -0.2) is 4.39 Å². The van der Waals surface area contributed by atoms with Crippen LogP contribution in [0.25, 0.3) is 0 Å². The maximum absolute atomic E-state index is 13.3. The number of anilines is 1. The summed E-state index contributed by atoms with van der Waals surface area (Å²) in [4.78, 5) is 12.1. The van der Waals surface area contributed by atoms with E-state index in [1.54, 1.807) is 6.07 Å². The van der Waals surface area contributed by atoms with Crippen LogP contribution in [0.1, 0.15) is 43.5 Å².